The van der Waals surface area contributed by atoms with Crippen molar-refractivity contribution in [3.05, 3.63) is 0 Å². The fourth-order valence-corrected chi connectivity index (χ4v) is 3.16. The lowest BCUT2D eigenvalue weighted by Gasteiger charge is -2.22. The van der Waals surface area contributed by atoms with Crippen molar-refractivity contribution >= 4 is 0 Å². The minimum atomic E-state index is 0.387. The average molecular weight is 226 g/mol. The lowest BCUT2D eigenvalue weighted by atomic mass is 9.96. The van der Waals surface area contributed by atoms with Crippen molar-refractivity contribution in [3.8, 4) is 0 Å². The van der Waals surface area contributed by atoms with Gasteiger partial charge in [0.15, 0.2) is 0 Å². The third-order valence-electron chi connectivity index (χ3n) is 4.30. The smallest absolute Gasteiger partial charge is 0.0462 e. The van der Waals surface area contributed by atoms with Gasteiger partial charge in [-0.25, -0.2) is 0 Å². The molecule has 0 aromatic rings. The number of aliphatic hydroxyl groups excluding tert-OH is 1. The summed E-state index contributed by atoms with van der Waals surface area (Å²) < 4.78 is 0. The van der Waals surface area contributed by atoms with E-state index in [-0.39, 0.29) is 0 Å². The molecule has 3 unspecified atom stereocenters. The van der Waals surface area contributed by atoms with Crippen LogP contribution in [0, 0.1) is 11.8 Å². The molecule has 0 bridgehead atoms. The Morgan fingerprint density at radius 3 is 2.75 bits per heavy atom. The Morgan fingerprint density at radius 1 is 1.00 bits per heavy atom. The summed E-state index contributed by atoms with van der Waals surface area (Å²) in [7, 11) is 0. The standard InChI is InChI=1S/C13H26N2O/c16-10-12-4-1-3-11(12)9-15-13-5-2-7-14-8-6-13/h11-16H,1-10H2. The van der Waals surface area contributed by atoms with Gasteiger partial charge in [0.05, 0.1) is 0 Å². The predicted octanol–water partition coefficient (Wildman–Crippen LogP) is 1.13. The van der Waals surface area contributed by atoms with E-state index in [0.29, 0.717) is 18.6 Å². The zero-order valence-electron chi connectivity index (χ0n) is 10.3. The van der Waals surface area contributed by atoms with Gasteiger partial charge >= 0.3 is 0 Å². The molecule has 0 aromatic carbocycles. The van der Waals surface area contributed by atoms with Crippen molar-refractivity contribution in [1.29, 1.82) is 0 Å². The van der Waals surface area contributed by atoms with Crippen LogP contribution >= 0.6 is 0 Å². The summed E-state index contributed by atoms with van der Waals surface area (Å²) in [6.45, 7) is 3.85. The van der Waals surface area contributed by atoms with Crippen LogP contribution < -0.4 is 10.6 Å². The third-order valence-corrected chi connectivity index (χ3v) is 4.30. The maximum Gasteiger partial charge on any atom is 0.0462 e. The summed E-state index contributed by atoms with van der Waals surface area (Å²) in [6, 6.07) is 0.704. The van der Waals surface area contributed by atoms with Gasteiger partial charge in [-0.2, -0.15) is 0 Å². The second-order valence-corrected chi connectivity index (χ2v) is 5.42. The van der Waals surface area contributed by atoms with Gasteiger partial charge in [-0.15, -0.1) is 0 Å². The van der Waals surface area contributed by atoms with Gasteiger partial charge in [0.1, 0.15) is 0 Å². The van der Waals surface area contributed by atoms with E-state index < -0.39 is 0 Å². The van der Waals surface area contributed by atoms with Crippen LogP contribution in [0.2, 0.25) is 0 Å². The van der Waals surface area contributed by atoms with E-state index >= 15 is 0 Å². The van der Waals surface area contributed by atoms with Crippen molar-refractivity contribution in [2.24, 2.45) is 11.8 Å². The van der Waals surface area contributed by atoms with Crippen molar-refractivity contribution in [2.45, 2.75) is 44.6 Å². The molecule has 0 radical (unpaired) electrons. The topological polar surface area (TPSA) is 44.3 Å². The minimum absolute atomic E-state index is 0.387. The van der Waals surface area contributed by atoms with Gasteiger partial charge in [-0.3, -0.25) is 0 Å². The minimum Gasteiger partial charge on any atom is -0.396 e. The first-order chi connectivity index (χ1) is 7.90. The second kappa shape index (κ2) is 6.58. The number of hydrogen-bond acceptors (Lipinski definition) is 3. The van der Waals surface area contributed by atoms with Crippen LogP contribution in [0.4, 0.5) is 0 Å². The van der Waals surface area contributed by atoms with Gasteiger partial charge < -0.3 is 15.7 Å². The molecule has 1 saturated carbocycles. The van der Waals surface area contributed by atoms with E-state index in [9.17, 15) is 5.11 Å². The van der Waals surface area contributed by atoms with E-state index in [1.54, 1.807) is 0 Å². The summed E-state index contributed by atoms with van der Waals surface area (Å²) in [4.78, 5) is 0. The quantitative estimate of drug-likeness (QED) is 0.673. The number of nitrogens with one attached hydrogen (secondary N) is 2. The SMILES string of the molecule is OCC1CCCC1CNC1CCCNCC1. The molecule has 0 amide bonds. The molecule has 0 spiro atoms. The van der Waals surface area contributed by atoms with Crippen molar-refractivity contribution in [2.75, 3.05) is 26.2 Å². The van der Waals surface area contributed by atoms with Gasteiger partial charge in [0.2, 0.25) is 0 Å². The Labute approximate surface area is 99.0 Å². The van der Waals surface area contributed by atoms with E-state index in [1.807, 2.05) is 0 Å². The van der Waals surface area contributed by atoms with Gasteiger partial charge in [0, 0.05) is 12.6 Å². The summed E-state index contributed by atoms with van der Waals surface area (Å²) >= 11 is 0. The molecule has 2 aliphatic rings. The lowest BCUT2D eigenvalue weighted by Crippen LogP contribution is -2.35. The molecule has 3 N–H and O–H groups in total. The molecular formula is C13H26N2O. The first-order valence-electron chi connectivity index (χ1n) is 6.95. The third kappa shape index (κ3) is 3.44. The molecule has 2 rings (SSSR count). The Kier molecular flexibility index (Phi) is 5.07. The average Bonchev–Trinajstić information content (AvgIpc) is 2.60. The maximum absolute atomic E-state index is 9.28. The van der Waals surface area contributed by atoms with Crippen LogP contribution in [0.1, 0.15) is 38.5 Å². The van der Waals surface area contributed by atoms with Crippen molar-refractivity contribution in [1.82, 2.24) is 10.6 Å². The molecule has 1 saturated heterocycles. The summed E-state index contributed by atoms with van der Waals surface area (Å²) in [6.07, 6.45) is 7.72. The Morgan fingerprint density at radius 2 is 1.88 bits per heavy atom. The van der Waals surface area contributed by atoms with E-state index in [4.69, 9.17) is 0 Å². The van der Waals surface area contributed by atoms with Gasteiger partial charge in [-0.05, 0) is 63.6 Å². The largest absolute Gasteiger partial charge is 0.396 e. The number of rotatable bonds is 4. The normalized spacial score (nSPS) is 36.2. The highest BCUT2D eigenvalue weighted by atomic mass is 16.3. The van der Waals surface area contributed by atoms with Crippen LogP contribution in [-0.4, -0.2) is 37.4 Å². The predicted molar refractivity (Wildman–Crippen MR) is 66.4 cm³/mol. The molecule has 3 nitrogen and oxygen atoms in total. The Bertz CT molecular complexity index is 190. The number of aliphatic hydroxyl groups is 1. The molecule has 0 aromatic heterocycles. The molecule has 3 atom stereocenters. The molecule has 2 fully saturated rings. The highest BCUT2D eigenvalue weighted by Crippen LogP contribution is 2.30. The molecule has 1 heterocycles. The summed E-state index contributed by atoms with van der Waals surface area (Å²) in [5, 5.41) is 16.4. The highest BCUT2D eigenvalue weighted by molar-refractivity contribution is 4.81. The molecule has 16 heavy (non-hydrogen) atoms. The zero-order chi connectivity index (χ0) is 11.2. The Hall–Kier alpha value is -0.120. The van der Waals surface area contributed by atoms with E-state index in [2.05, 4.69) is 10.6 Å². The fraction of sp³-hybridized carbons (Fsp3) is 1.00. The molecule has 3 heteroatoms. The van der Waals surface area contributed by atoms with Crippen molar-refractivity contribution in [3.63, 3.8) is 0 Å². The van der Waals surface area contributed by atoms with Crippen LogP contribution in [-0.2, 0) is 0 Å². The fourth-order valence-electron chi connectivity index (χ4n) is 3.16. The summed E-state index contributed by atoms with van der Waals surface area (Å²) in [5.41, 5.74) is 0. The lowest BCUT2D eigenvalue weighted by molar-refractivity contribution is 0.189. The second-order valence-electron chi connectivity index (χ2n) is 5.42. The number of hydrogen-bond donors (Lipinski definition) is 3. The first kappa shape index (κ1) is 12.3. The van der Waals surface area contributed by atoms with Gasteiger partial charge in [0.25, 0.3) is 0 Å². The molecule has 1 aliphatic carbocycles. The van der Waals surface area contributed by atoms with Crippen LogP contribution in [0.5, 0.6) is 0 Å². The first-order valence-corrected chi connectivity index (χ1v) is 6.95. The Balaban J connectivity index is 1.69. The monoisotopic (exact) mass is 226 g/mol. The molecular weight excluding hydrogens is 200 g/mol. The van der Waals surface area contributed by atoms with E-state index in [1.165, 1.54) is 45.1 Å². The molecule has 1 aliphatic heterocycles. The van der Waals surface area contributed by atoms with E-state index in [0.717, 1.165) is 19.0 Å². The van der Waals surface area contributed by atoms with Crippen molar-refractivity contribution < 1.29 is 5.11 Å². The van der Waals surface area contributed by atoms with Gasteiger partial charge in [-0.1, -0.05) is 6.42 Å². The summed E-state index contributed by atoms with van der Waals surface area (Å²) in [5.74, 6) is 1.29. The van der Waals surface area contributed by atoms with Crippen LogP contribution in [0.3, 0.4) is 0 Å². The van der Waals surface area contributed by atoms with Crippen LogP contribution in [0.25, 0.3) is 0 Å². The highest BCUT2D eigenvalue weighted by Gasteiger charge is 2.26. The maximum atomic E-state index is 9.28. The zero-order valence-corrected chi connectivity index (χ0v) is 10.3. The van der Waals surface area contributed by atoms with Crippen LogP contribution in [0.15, 0.2) is 0 Å². The molecule has 94 valence electrons.